The Morgan fingerprint density at radius 2 is 2.09 bits per heavy atom. The predicted octanol–water partition coefficient (Wildman–Crippen LogP) is 2.45. The fraction of sp³-hybridized carbons (Fsp3) is 0.294. The van der Waals surface area contributed by atoms with Crippen LogP contribution < -0.4 is 11.1 Å². The molecule has 0 aliphatic heterocycles. The highest BCUT2D eigenvalue weighted by atomic mass is 32.2. The molecule has 0 aromatic heterocycles. The molecular weight excluding hydrogens is 312 g/mol. The molecule has 0 fully saturated rings. The van der Waals surface area contributed by atoms with Gasteiger partial charge in [0.25, 0.3) is 5.91 Å². The Balaban J connectivity index is 2.27. The van der Waals surface area contributed by atoms with E-state index in [1.54, 1.807) is 30.0 Å². The number of nitrogens with one attached hydrogen (secondary N) is 1. The molecule has 2 aromatic rings. The highest BCUT2D eigenvalue weighted by Gasteiger charge is 2.22. The van der Waals surface area contributed by atoms with E-state index in [0.717, 1.165) is 16.5 Å². The van der Waals surface area contributed by atoms with Crippen LogP contribution >= 0.6 is 11.8 Å². The lowest BCUT2D eigenvalue weighted by molar-refractivity contribution is -0.142. The van der Waals surface area contributed by atoms with Crippen LogP contribution in [0.5, 0.6) is 0 Å². The summed E-state index contributed by atoms with van der Waals surface area (Å²) >= 11 is 1.61. The minimum atomic E-state index is -0.649. The lowest BCUT2D eigenvalue weighted by Gasteiger charge is -2.16. The normalized spacial score (nSPS) is 11.9. The molecule has 1 amide bonds. The summed E-state index contributed by atoms with van der Waals surface area (Å²) in [7, 11) is 1.32. The number of nitrogens with two attached hydrogens (primary N) is 1. The molecule has 6 heteroatoms. The van der Waals surface area contributed by atoms with Crippen LogP contribution in [0.25, 0.3) is 10.8 Å². The number of nitrogen functional groups attached to an aromatic ring is 1. The van der Waals surface area contributed by atoms with Crippen molar-refractivity contribution in [2.45, 2.75) is 12.5 Å². The number of carbonyl (C=O) groups is 2. The zero-order valence-corrected chi connectivity index (χ0v) is 14.0. The van der Waals surface area contributed by atoms with Gasteiger partial charge in [0.2, 0.25) is 0 Å². The molecule has 0 bridgehead atoms. The van der Waals surface area contributed by atoms with Crippen molar-refractivity contribution < 1.29 is 14.3 Å². The van der Waals surface area contributed by atoms with E-state index >= 15 is 0 Å². The summed E-state index contributed by atoms with van der Waals surface area (Å²) in [6, 6.07) is 10.2. The summed E-state index contributed by atoms with van der Waals surface area (Å²) in [5.74, 6) is 0.0281. The van der Waals surface area contributed by atoms with Gasteiger partial charge in [-0.2, -0.15) is 11.8 Å². The van der Waals surface area contributed by atoms with Gasteiger partial charge in [-0.1, -0.05) is 18.2 Å². The van der Waals surface area contributed by atoms with Gasteiger partial charge in [0.05, 0.1) is 7.11 Å². The van der Waals surface area contributed by atoms with Crippen molar-refractivity contribution in [1.29, 1.82) is 0 Å². The largest absolute Gasteiger partial charge is 0.467 e. The van der Waals surface area contributed by atoms with E-state index in [-0.39, 0.29) is 5.91 Å². The maximum Gasteiger partial charge on any atom is 0.328 e. The standard InChI is InChI=1S/C17H20N2O3S/c1-22-17(21)15(8-9-23-2)19-16(20)14-5-3-4-11-10-12(18)6-7-13(11)14/h3-7,10,15H,8-9,18H2,1-2H3,(H,19,20)/t15-/m0/s1. The molecule has 1 atom stereocenters. The Labute approximate surface area is 139 Å². The highest BCUT2D eigenvalue weighted by molar-refractivity contribution is 7.98. The summed E-state index contributed by atoms with van der Waals surface area (Å²) in [5, 5.41) is 4.45. The highest BCUT2D eigenvalue weighted by Crippen LogP contribution is 2.21. The first-order valence-electron chi connectivity index (χ1n) is 7.22. The quantitative estimate of drug-likeness (QED) is 0.627. The molecule has 2 aromatic carbocycles. The van der Waals surface area contributed by atoms with Crippen molar-refractivity contribution >= 4 is 40.1 Å². The molecule has 2 rings (SSSR count). The van der Waals surface area contributed by atoms with Gasteiger partial charge in [0.1, 0.15) is 6.04 Å². The summed E-state index contributed by atoms with van der Waals surface area (Å²) in [4.78, 5) is 24.4. The van der Waals surface area contributed by atoms with Crippen LogP contribution in [0, 0.1) is 0 Å². The maximum absolute atomic E-state index is 12.6. The summed E-state index contributed by atoms with van der Waals surface area (Å²) in [5.41, 5.74) is 6.93. The molecular formula is C17H20N2O3S. The number of fused-ring (bicyclic) bond motifs is 1. The number of esters is 1. The van der Waals surface area contributed by atoms with E-state index in [1.165, 1.54) is 7.11 Å². The lowest BCUT2D eigenvalue weighted by atomic mass is 10.0. The number of methoxy groups -OCH3 is 1. The molecule has 0 aliphatic rings. The number of anilines is 1. The molecule has 122 valence electrons. The fourth-order valence-electron chi connectivity index (χ4n) is 2.36. The minimum Gasteiger partial charge on any atom is -0.467 e. The van der Waals surface area contributed by atoms with Crippen molar-refractivity contribution in [2.75, 3.05) is 24.9 Å². The Kier molecular flexibility index (Phi) is 5.87. The molecule has 23 heavy (non-hydrogen) atoms. The first kappa shape index (κ1) is 17.1. The number of carbonyl (C=O) groups excluding carboxylic acids is 2. The third-order valence-electron chi connectivity index (χ3n) is 3.55. The molecule has 0 saturated carbocycles. The van der Waals surface area contributed by atoms with E-state index in [0.29, 0.717) is 17.7 Å². The van der Waals surface area contributed by atoms with E-state index < -0.39 is 12.0 Å². The third kappa shape index (κ3) is 4.16. The Morgan fingerprint density at radius 3 is 2.78 bits per heavy atom. The van der Waals surface area contributed by atoms with Crippen LogP contribution in [0.3, 0.4) is 0 Å². The lowest BCUT2D eigenvalue weighted by Crippen LogP contribution is -2.42. The van der Waals surface area contributed by atoms with Crippen molar-refractivity contribution in [3.63, 3.8) is 0 Å². The number of ether oxygens (including phenoxy) is 1. The molecule has 0 saturated heterocycles. The van der Waals surface area contributed by atoms with E-state index in [4.69, 9.17) is 10.5 Å². The number of thioether (sulfide) groups is 1. The van der Waals surface area contributed by atoms with Gasteiger partial charge in [-0.15, -0.1) is 0 Å². The van der Waals surface area contributed by atoms with Gasteiger partial charge in [-0.05, 0) is 47.4 Å². The monoisotopic (exact) mass is 332 g/mol. The van der Waals surface area contributed by atoms with E-state index in [9.17, 15) is 9.59 Å². The van der Waals surface area contributed by atoms with Crippen molar-refractivity contribution in [3.8, 4) is 0 Å². The molecule has 0 unspecified atom stereocenters. The predicted molar refractivity (Wildman–Crippen MR) is 94.6 cm³/mol. The van der Waals surface area contributed by atoms with Crippen LogP contribution in [0.2, 0.25) is 0 Å². The van der Waals surface area contributed by atoms with Crippen molar-refractivity contribution in [2.24, 2.45) is 0 Å². The van der Waals surface area contributed by atoms with Crippen LogP contribution in [0.4, 0.5) is 5.69 Å². The van der Waals surface area contributed by atoms with E-state index in [1.807, 2.05) is 24.5 Å². The first-order chi connectivity index (χ1) is 11.1. The summed E-state index contributed by atoms with van der Waals surface area (Å²) in [6.07, 6.45) is 2.47. The van der Waals surface area contributed by atoms with Gasteiger partial charge in [-0.25, -0.2) is 4.79 Å². The molecule has 0 spiro atoms. The number of amides is 1. The van der Waals surface area contributed by atoms with Crippen LogP contribution in [0.15, 0.2) is 36.4 Å². The van der Waals surface area contributed by atoms with Crippen LogP contribution in [0.1, 0.15) is 16.8 Å². The first-order valence-corrected chi connectivity index (χ1v) is 8.62. The van der Waals surface area contributed by atoms with Crippen LogP contribution in [-0.2, 0) is 9.53 Å². The van der Waals surface area contributed by atoms with Gasteiger partial charge in [0.15, 0.2) is 0 Å². The topological polar surface area (TPSA) is 81.4 Å². The van der Waals surface area contributed by atoms with E-state index in [2.05, 4.69) is 5.32 Å². The number of benzene rings is 2. The Morgan fingerprint density at radius 1 is 1.30 bits per heavy atom. The van der Waals surface area contributed by atoms with Crippen molar-refractivity contribution in [1.82, 2.24) is 5.32 Å². The summed E-state index contributed by atoms with van der Waals surface area (Å²) in [6.45, 7) is 0. The molecule has 0 heterocycles. The third-order valence-corrected chi connectivity index (χ3v) is 4.19. The van der Waals surface area contributed by atoms with Gasteiger partial charge in [-0.3, -0.25) is 4.79 Å². The van der Waals surface area contributed by atoms with Crippen molar-refractivity contribution in [3.05, 3.63) is 42.0 Å². The molecule has 5 nitrogen and oxygen atoms in total. The molecule has 0 radical (unpaired) electrons. The maximum atomic E-state index is 12.6. The number of hydrogen-bond acceptors (Lipinski definition) is 5. The Hall–Kier alpha value is -2.21. The van der Waals surface area contributed by atoms with Gasteiger partial charge >= 0.3 is 5.97 Å². The average molecular weight is 332 g/mol. The zero-order valence-electron chi connectivity index (χ0n) is 13.2. The second-order valence-corrected chi connectivity index (χ2v) is 6.10. The van der Waals surface area contributed by atoms with Gasteiger partial charge < -0.3 is 15.8 Å². The zero-order chi connectivity index (χ0) is 16.8. The second-order valence-electron chi connectivity index (χ2n) is 5.12. The van der Waals surface area contributed by atoms with Crippen LogP contribution in [-0.4, -0.2) is 37.0 Å². The molecule has 3 N–H and O–H groups in total. The number of rotatable bonds is 6. The number of hydrogen-bond donors (Lipinski definition) is 2. The average Bonchev–Trinajstić information content (AvgIpc) is 2.56. The SMILES string of the molecule is COC(=O)[C@H](CCSC)NC(=O)c1cccc2cc(N)ccc12. The Bertz CT molecular complexity index is 718. The minimum absolute atomic E-state index is 0.295. The molecule has 0 aliphatic carbocycles. The second kappa shape index (κ2) is 7.87. The summed E-state index contributed by atoms with van der Waals surface area (Å²) < 4.78 is 4.77. The smallest absolute Gasteiger partial charge is 0.328 e. The fourth-order valence-corrected chi connectivity index (χ4v) is 2.83. The van der Waals surface area contributed by atoms with Gasteiger partial charge in [0, 0.05) is 11.3 Å².